The highest BCUT2D eigenvalue weighted by molar-refractivity contribution is 7.19. The van der Waals surface area contributed by atoms with Gasteiger partial charge in [-0.25, -0.2) is 9.97 Å². The Morgan fingerprint density at radius 1 is 1.30 bits per heavy atom. The summed E-state index contributed by atoms with van der Waals surface area (Å²) in [6, 6.07) is 0. The van der Waals surface area contributed by atoms with E-state index in [-0.39, 0.29) is 6.61 Å². The molecule has 2 aromatic rings. The molecule has 3 heterocycles. The third-order valence-electron chi connectivity index (χ3n) is 6.28. The van der Waals surface area contributed by atoms with E-state index in [1.165, 1.54) is 23.3 Å². The Morgan fingerprint density at radius 3 is 2.89 bits per heavy atom. The fourth-order valence-electron chi connectivity index (χ4n) is 4.86. The van der Waals surface area contributed by atoms with Crippen LogP contribution in [0.5, 0.6) is 0 Å². The molecule has 1 aliphatic carbocycles. The molecule has 1 saturated heterocycles. The molecule has 0 aromatic carbocycles. The highest BCUT2D eigenvalue weighted by Crippen LogP contribution is 2.38. The van der Waals surface area contributed by atoms with E-state index in [4.69, 9.17) is 10.7 Å². The second-order valence-corrected chi connectivity index (χ2v) is 9.29. The Balaban J connectivity index is 1.58. The van der Waals surface area contributed by atoms with E-state index in [2.05, 4.69) is 16.8 Å². The van der Waals surface area contributed by atoms with Crippen molar-refractivity contribution in [1.82, 2.24) is 14.9 Å². The Morgan fingerprint density at radius 2 is 2.11 bits per heavy atom. The lowest BCUT2D eigenvalue weighted by atomic mass is 9.74. The summed E-state index contributed by atoms with van der Waals surface area (Å²) in [6.45, 7) is 4.17. The molecule has 0 spiro atoms. The molecular weight excluding hydrogens is 360 g/mol. The van der Waals surface area contributed by atoms with Crippen molar-refractivity contribution >= 4 is 27.4 Å². The number of aliphatic hydroxyl groups is 2. The molecule has 2 aliphatic rings. The van der Waals surface area contributed by atoms with Crippen LogP contribution in [0.25, 0.3) is 10.2 Å². The van der Waals surface area contributed by atoms with Crippen molar-refractivity contribution < 1.29 is 10.2 Å². The average Bonchev–Trinajstić information content (AvgIpc) is 3.03. The van der Waals surface area contributed by atoms with Crippen LogP contribution in [-0.4, -0.2) is 50.9 Å². The smallest absolute Gasteiger partial charge is 0.146 e. The van der Waals surface area contributed by atoms with E-state index < -0.39 is 11.5 Å². The first-order valence-electron chi connectivity index (χ1n) is 10.1. The van der Waals surface area contributed by atoms with E-state index in [9.17, 15) is 10.2 Å². The maximum atomic E-state index is 10.5. The lowest BCUT2D eigenvalue weighted by Crippen LogP contribution is -2.53. The second-order valence-electron chi connectivity index (χ2n) is 8.20. The van der Waals surface area contributed by atoms with Crippen LogP contribution in [0.3, 0.4) is 0 Å². The van der Waals surface area contributed by atoms with Crippen molar-refractivity contribution in [3.8, 4) is 0 Å². The first-order chi connectivity index (χ1) is 13.1. The summed E-state index contributed by atoms with van der Waals surface area (Å²) < 4.78 is 0. The number of nitrogens with two attached hydrogens (primary N) is 1. The summed E-state index contributed by atoms with van der Waals surface area (Å²) in [5, 5.41) is 21.5. The molecule has 0 bridgehead atoms. The Bertz CT molecular complexity index is 824. The Kier molecular flexibility index (Phi) is 5.38. The number of aliphatic hydroxyl groups excluding tert-OH is 2. The summed E-state index contributed by atoms with van der Waals surface area (Å²) in [7, 11) is 0. The van der Waals surface area contributed by atoms with E-state index in [0.717, 1.165) is 48.3 Å². The normalized spacial score (nSPS) is 26.4. The van der Waals surface area contributed by atoms with E-state index >= 15 is 0 Å². The summed E-state index contributed by atoms with van der Waals surface area (Å²) in [6.07, 6.45) is 6.67. The zero-order chi connectivity index (χ0) is 19.0. The van der Waals surface area contributed by atoms with Gasteiger partial charge in [0, 0.05) is 23.4 Å². The molecule has 1 aliphatic heterocycles. The summed E-state index contributed by atoms with van der Waals surface area (Å²) in [5.74, 6) is 1.35. The number of anilines is 1. The van der Waals surface area contributed by atoms with Crippen molar-refractivity contribution in [2.75, 3.05) is 25.4 Å². The quantitative estimate of drug-likeness (QED) is 0.726. The van der Waals surface area contributed by atoms with Gasteiger partial charge in [0.05, 0.1) is 24.6 Å². The zero-order valence-electron chi connectivity index (χ0n) is 16.1. The molecule has 4 rings (SSSR count). The van der Waals surface area contributed by atoms with Gasteiger partial charge >= 0.3 is 0 Å². The molecule has 0 radical (unpaired) electrons. The van der Waals surface area contributed by atoms with Crippen LogP contribution >= 0.6 is 11.3 Å². The predicted octanol–water partition coefficient (Wildman–Crippen LogP) is 2.50. The molecule has 0 unspecified atom stereocenters. The van der Waals surface area contributed by atoms with Gasteiger partial charge in [-0.2, -0.15) is 0 Å². The summed E-state index contributed by atoms with van der Waals surface area (Å²) in [4.78, 5) is 14.2. The minimum absolute atomic E-state index is 0.0121. The minimum Gasteiger partial charge on any atom is -0.396 e. The summed E-state index contributed by atoms with van der Waals surface area (Å²) >= 11 is 1.77. The fourth-order valence-corrected chi connectivity index (χ4v) is 6.14. The largest absolute Gasteiger partial charge is 0.396 e. The first-order valence-corrected chi connectivity index (χ1v) is 11.0. The van der Waals surface area contributed by atoms with Gasteiger partial charge < -0.3 is 15.9 Å². The standard InChI is InChI=1S/C20H30N4O2S/c1-2-8-20(12-25)11-24(9-7-15(20)26)10-16-22-18(21)17-13-5-3-4-6-14(13)27-19(17)23-16/h15,25-26H,2-12H2,1H3,(H2,21,22,23)/t15-,20+/m0/s1. The second kappa shape index (κ2) is 7.62. The number of hydrogen-bond acceptors (Lipinski definition) is 7. The number of aromatic nitrogens is 2. The molecule has 2 atom stereocenters. The number of likely N-dealkylation sites (tertiary alicyclic amines) is 1. The number of nitrogens with zero attached hydrogens (tertiary/aromatic N) is 3. The van der Waals surface area contributed by atoms with Gasteiger partial charge in [0.2, 0.25) is 0 Å². The maximum absolute atomic E-state index is 10.5. The highest BCUT2D eigenvalue weighted by atomic mass is 32.1. The van der Waals surface area contributed by atoms with Crippen molar-refractivity contribution in [2.24, 2.45) is 5.41 Å². The van der Waals surface area contributed by atoms with Gasteiger partial charge in [-0.05, 0) is 44.1 Å². The van der Waals surface area contributed by atoms with Crippen LogP contribution < -0.4 is 5.73 Å². The molecular formula is C20H30N4O2S. The van der Waals surface area contributed by atoms with Crippen LogP contribution in [0, 0.1) is 5.41 Å². The summed E-state index contributed by atoms with van der Waals surface area (Å²) in [5.41, 5.74) is 7.27. The molecule has 6 nitrogen and oxygen atoms in total. The van der Waals surface area contributed by atoms with Gasteiger partial charge in [0.25, 0.3) is 0 Å². The van der Waals surface area contributed by atoms with E-state index in [0.29, 0.717) is 25.3 Å². The first kappa shape index (κ1) is 19.1. The number of rotatable bonds is 5. The van der Waals surface area contributed by atoms with E-state index in [1.54, 1.807) is 11.3 Å². The molecule has 7 heteroatoms. The van der Waals surface area contributed by atoms with Gasteiger partial charge in [-0.3, -0.25) is 4.90 Å². The molecule has 27 heavy (non-hydrogen) atoms. The van der Waals surface area contributed by atoms with Gasteiger partial charge in [-0.15, -0.1) is 11.3 Å². The monoisotopic (exact) mass is 390 g/mol. The Labute approximate surface area is 164 Å². The molecule has 0 saturated carbocycles. The van der Waals surface area contributed by atoms with Crippen LogP contribution in [0.1, 0.15) is 55.3 Å². The van der Waals surface area contributed by atoms with Crippen molar-refractivity contribution in [3.05, 3.63) is 16.3 Å². The Hall–Kier alpha value is -1.28. The van der Waals surface area contributed by atoms with Crippen LogP contribution in [0.2, 0.25) is 0 Å². The molecule has 148 valence electrons. The molecule has 2 aromatic heterocycles. The predicted molar refractivity (Wildman–Crippen MR) is 109 cm³/mol. The van der Waals surface area contributed by atoms with Crippen molar-refractivity contribution in [3.63, 3.8) is 0 Å². The number of aryl methyl sites for hydroxylation is 2. The van der Waals surface area contributed by atoms with Crippen LogP contribution in [0.4, 0.5) is 5.82 Å². The lowest BCUT2D eigenvalue weighted by molar-refractivity contribution is -0.0824. The molecule has 1 fully saturated rings. The van der Waals surface area contributed by atoms with Gasteiger partial charge in [-0.1, -0.05) is 13.3 Å². The third kappa shape index (κ3) is 3.46. The third-order valence-corrected chi connectivity index (χ3v) is 7.47. The number of fused-ring (bicyclic) bond motifs is 3. The van der Waals surface area contributed by atoms with Gasteiger partial charge in [0.15, 0.2) is 0 Å². The zero-order valence-corrected chi connectivity index (χ0v) is 16.9. The average molecular weight is 391 g/mol. The topological polar surface area (TPSA) is 95.5 Å². The van der Waals surface area contributed by atoms with Crippen molar-refractivity contribution in [1.29, 1.82) is 0 Å². The maximum Gasteiger partial charge on any atom is 0.146 e. The SMILES string of the molecule is CCC[C@]1(CO)CN(Cc2nc(N)c3c4c(sc3n2)CCCC4)CC[C@@H]1O. The number of nitrogen functional groups attached to an aromatic ring is 1. The lowest BCUT2D eigenvalue weighted by Gasteiger charge is -2.45. The fraction of sp³-hybridized carbons (Fsp3) is 0.700. The number of thiophene rings is 1. The number of piperidine rings is 1. The number of hydrogen-bond donors (Lipinski definition) is 3. The van der Waals surface area contributed by atoms with E-state index in [1.807, 2.05) is 0 Å². The molecule has 4 N–H and O–H groups in total. The molecule has 0 amide bonds. The van der Waals surface area contributed by atoms with Gasteiger partial charge in [0.1, 0.15) is 16.5 Å². The minimum atomic E-state index is -0.448. The van der Waals surface area contributed by atoms with Crippen LogP contribution in [0.15, 0.2) is 0 Å². The van der Waals surface area contributed by atoms with Crippen LogP contribution in [-0.2, 0) is 19.4 Å². The highest BCUT2D eigenvalue weighted by Gasteiger charge is 2.41. The van der Waals surface area contributed by atoms with Crippen molar-refractivity contribution in [2.45, 2.75) is 64.5 Å².